The third-order valence-corrected chi connectivity index (χ3v) is 3.60. The molecular formula is C13H16N4O. The summed E-state index contributed by atoms with van der Waals surface area (Å²) >= 11 is 0. The summed E-state index contributed by atoms with van der Waals surface area (Å²) in [7, 11) is 1.96. The molecule has 1 aromatic heterocycles. The van der Waals surface area contributed by atoms with E-state index in [-0.39, 0.29) is 5.41 Å². The number of aryl methyl sites for hydroxylation is 1. The number of nitrogen functional groups attached to an aromatic ring is 1. The fourth-order valence-electron chi connectivity index (χ4n) is 2.65. The van der Waals surface area contributed by atoms with Gasteiger partial charge in [0.05, 0.1) is 12.0 Å². The van der Waals surface area contributed by atoms with Crippen LogP contribution in [0.1, 0.15) is 17.8 Å². The first-order valence-electron chi connectivity index (χ1n) is 6.01. The number of hydrogen-bond acceptors (Lipinski definition) is 4. The summed E-state index contributed by atoms with van der Waals surface area (Å²) in [6, 6.07) is 7.95. The molecule has 5 nitrogen and oxygen atoms in total. The largest absolute Gasteiger partial charge is 0.399 e. The van der Waals surface area contributed by atoms with Gasteiger partial charge in [0.1, 0.15) is 12.2 Å². The summed E-state index contributed by atoms with van der Waals surface area (Å²) in [4.78, 5) is 0. The number of ether oxygens (including phenoxy) is 1. The Balaban J connectivity index is 2.16. The van der Waals surface area contributed by atoms with Crippen LogP contribution in [0.4, 0.5) is 5.69 Å². The predicted octanol–water partition coefficient (Wildman–Crippen LogP) is 1.10. The Kier molecular flexibility index (Phi) is 2.56. The van der Waals surface area contributed by atoms with Gasteiger partial charge in [-0.3, -0.25) is 0 Å². The zero-order valence-electron chi connectivity index (χ0n) is 10.3. The fraction of sp³-hybridized carbons (Fsp3) is 0.385. The summed E-state index contributed by atoms with van der Waals surface area (Å²) in [6.07, 6.45) is 2.63. The van der Waals surface area contributed by atoms with Crippen LogP contribution in [0.3, 0.4) is 0 Å². The van der Waals surface area contributed by atoms with Crippen molar-refractivity contribution in [3.8, 4) is 0 Å². The van der Waals surface area contributed by atoms with E-state index >= 15 is 0 Å². The van der Waals surface area contributed by atoms with Gasteiger partial charge in [-0.25, -0.2) is 0 Å². The molecule has 0 saturated carbocycles. The van der Waals surface area contributed by atoms with E-state index in [9.17, 15) is 0 Å². The van der Waals surface area contributed by atoms with Crippen molar-refractivity contribution < 1.29 is 4.74 Å². The molecular weight excluding hydrogens is 228 g/mol. The normalized spacial score (nSPS) is 23.4. The van der Waals surface area contributed by atoms with E-state index < -0.39 is 0 Å². The molecule has 1 unspecified atom stereocenters. The van der Waals surface area contributed by atoms with Gasteiger partial charge in [0.25, 0.3) is 0 Å². The van der Waals surface area contributed by atoms with Crippen molar-refractivity contribution in [2.24, 2.45) is 7.05 Å². The Labute approximate surface area is 106 Å². The highest BCUT2D eigenvalue weighted by atomic mass is 16.5. The summed E-state index contributed by atoms with van der Waals surface area (Å²) in [5.41, 5.74) is 7.59. The van der Waals surface area contributed by atoms with Crippen LogP contribution in [0.5, 0.6) is 0 Å². The molecule has 1 atom stereocenters. The molecule has 2 aromatic rings. The second-order valence-electron chi connectivity index (χ2n) is 4.78. The van der Waals surface area contributed by atoms with E-state index in [0.29, 0.717) is 6.61 Å². The number of hydrogen-bond donors (Lipinski definition) is 1. The van der Waals surface area contributed by atoms with Gasteiger partial charge in [-0.15, -0.1) is 10.2 Å². The lowest BCUT2D eigenvalue weighted by Gasteiger charge is -2.26. The molecule has 18 heavy (non-hydrogen) atoms. The zero-order valence-corrected chi connectivity index (χ0v) is 10.3. The highest BCUT2D eigenvalue weighted by Gasteiger charge is 2.42. The number of benzene rings is 1. The van der Waals surface area contributed by atoms with Crippen LogP contribution in [0.15, 0.2) is 30.6 Å². The second-order valence-corrected chi connectivity index (χ2v) is 4.78. The molecule has 1 saturated heterocycles. The second kappa shape index (κ2) is 4.10. The Morgan fingerprint density at radius 3 is 2.94 bits per heavy atom. The molecule has 1 aromatic carbocycles. The number of aromatic nitrogens is 3. The molecule has 1 aliphatic rings. The average molecular weight is 244 g/mol. The molecule has 0 radical (unpaired) electrons. The van der Waals surface area contributed by atoms with Crippen molar-refractivity contribution >= 4 is 5.69 Å². The maximum absolute atomic E-state index is 5.89. The summed E-state index contributed by atoms with van der Waals surface area (Å²) < 4.78 is 7.57. The Hall–Kier alpha value is -1.88. The molecule has 0 spiro atoms. The first-order chi connectivity index (χ1) is 8.72. The standard InChI is InChI=1S/C13H16N4O/c1-17-9-15-16-12(17)13(5-6-18-8-13)10-3-2-4-11(14)7-10/h2-4,7,9H,5-6,8,14H2,1H3. The van der Waals surface area contributed by atoms with Gasteiger partial charge < -0.3 is 15.0 Å². The van der Waals surface area contributed by atoms with Crippen LogP contribution in [0.2, 0.25) is 0 Å². The minimum Gasteiger partial charge on any atom is -0.399 e. The maximum atomic E-state index is 5.89. The van der Waals surface area contributed by atoms with Crippen LogP contribution in [0.25, 0.3) is 0 Å². The van der Waals surface area contributed by atoms with Crippen molar-refractivity contribution in [3.05, 3.63) is 42.0 Å². The Morgan fingerprint density at radius 2 is 2.33 bits per heavy atom. The van der Waals surface area contributed by atoms with E-state index in [2.05, 4.69) is 16.3 Å². The highest BCUT2D eigenvalue weighted by molar-refractivity contribution is 5.46. The molecule has 1 fully saturated rings. The summed E-state index contributed by atoms with van der Waals surface area (Å²) in [5.74, 6) is 0.936. The van der Waals surface area contributed by atoms with Gasteiger partial charge in [0.2, 0.25) is 0 Å². The van der Waals surface area contributed by atoms with Gasteiger partial charge in [-0.1, -0.05) is 12.1 Å². The first kappa shape index (κ1) is 11.2. The van der Waals surface area contributed by atoms with Gasteiger partial charge in [0, 0.05) is 19.3 Å². The average Bonchev–Trinajstić information content (AvgIpc) is 2.98. The summed E-state index contributed by atoms with van der Waals surface area (Å²) in [6.45, 7) is 1.37. The minimum atomic E-state index is -0.222. The Bertz CT molecular complexity index is 558. The molecule has 5 heteroatoms. The predicted molar refractivity (Wildman–Crippen MR) is 68.1 cm³/mol. The lowest BCUT2D eigenvalue weighted by molar-refractivity contribution is 0.182. The van der Waals surface area contributed by atoms with Crippen LogP contribution >= 0.6 is 0 Å². The molecule has 3 rings (SSSR count). The smallest absolute Gasteiger partial charge is 0.145 e. The van der Waals surface area contributed by atoms with Crippen molar-refractivity contribution in [2.75, 3.05) is 18.9 Å². The van der Waals surface area contributed by atoms with Crippen molar-refractivity contribution in [3.63, 3.8) is 0 Å². The van der Waals surface area contributed by atoms with Gasteiger partial charge >= 0.3 is 0 Å². The SMILES string of the molecule is Cn1cnnc1C1(c2cccc(N)c2)CCOC1. The van der Waals surface area contributed by atoms with E-state index in [1.807, 2.05) is 29.8 Å². The number of nitrogens with zero attached hydrogens (tertiary/aromatic N) is 3. The molecule has 0 amide bonds. The number of nitrogens with two attached hydrogens (primary N) is 1. The van der Waals surface area contributed by atoms with Crippen LogP contribution < -0.4 is 5.73 Å². The number of anilines is 1. The topological polar surface area (TPSA) is 66.0 Å². The molecule has 0 bridgehead atoms. The Morgan fingerprint density at radius 1 is 1.44 bits per heavy atom. The monoisotopic (exact) mass is 244 g/mol. The minimum absolute atomic E-state index is 0.222. The quantitative estimate of drug-likeness (QED) is 0.803. The molecule has 94 valence electrons. The maximum Gasteiger partial charge on any atom is 0.145 e. The van der Waals surface area contributed by atoms with Crippen LogP contribution in [-0.4, -0.2) is 28.0 Å². The first-order valence-corrected chi connectivity index (χ1v) is 6.01. The van der Waals surface area contributed by atoms with E-state index in [4.69, 9.17) is 10.5 Å². The van der Waals surface area contributed by atoms with Crippen LogP contribution in [-0.2, 0) is 17.2 Å². The van der Waals surface area contributed by atoms with Gasteiger partial charge in [0.15, 0.2) is 0 Å². The molecule has 1 aliphatic heterocycles. The van der Waals surface area contributed by atoms with Gasteiger partial charge in [-0.05, 0) is 24.1 Å². The van der Waals surface area contributed by atoms with E-state index in [1.165, 1.54) is 0 Å². The van der Waals surface area contributed by atoms with E-state index in [0.717, 1.165) is 30.1 Å². The molecule has 2 N–H and O–H groups in total. The lowest BCUT2D eigenvalue weighted by Crippen LogP contribution is -2.31. The zero-order chi connectivity index (χ0) is 12.6. The third kappa shape index (κ3) is 1.59. The molecule has 2 heterocycles. The van der Waals surface area contributed by atoms with Crippen molar-refractivity contribution in [2.45, 2.75) is 11.8 Å². The van der Waals surface area contributed by atoms with Gasteiger partial charge in [-0.2, -0.15) is 0 Å². The third-order valence-electron chi connectivity index (χ3n) is 3.60. The fourth-order valence-corrected chi connectivity index (χ4v) is 2.65. The van der Waals surface area contributed by atoms with Crippen molar-refractivity contribution in [1.29, 1.82) is 0 Å². The lowest BCUT2D eigenvalue weighted by atomic mass is 9.78. The number of rotatable bonds is 2. The van der Waals surface area contributed by atoms with Crippen LogP contribution in [0, 0.1) is 0 Å². The van der Waals surface area contributed by atoms with E-state index in [1.54, 1.807) is 6.33 Å². The summed E-state index contributed by atoms with van der Waals surface area (Å²) in [5, 5.41) is 8.25. The molecule has 0 aliphatic carbocycles. The highest BCUT2D eigenvalue weighted by Crippen LogP contribution is 2.38. The van der Waals surface area contributed by atoms with Crippen molar-refractivity contribution in [1.82, 2.24) is 14.8 Å².